The number of nitrogens with one attached hydrogen (secondary N) is 1. The molecule has 0 aromatic heterocycles. The molecule has 1 fully saturated rings. The zero-order chi connectivity index (χ0) is 19.4. The molecule has 27 heavy (non-hydrogen) atoms. The lowest BCUT2D eigenvalue weighted by molar-refractivity contribution is -0.120. The second-order valence-corrected chi connectivity index (χ2v) is 8.49. The highest BCUT2D eigenvalue weighted by Gasteiger charge is 2.30. The predicted octanol–water partition coefficient (Wildman–Crippen LogP) is 3.23. The monoisotopic (exact) mass is 392 g/mol. The van der Waals surface area contributed by atoms with Crippen LogP contribution in [0.15, 0.2) is 48.5 Å². The van der Waals surface area contributed by atoms with Gasteiger partial charge in [-0.25, -0.2) is 17.1 Å². The Morgan fingerprint density at radius 1 is 1.22 bits per heavy atom. The van der Waals surface area contributed by atoms with Crippen LogP contribution < -0.4 is 10.1 Å². The van der Waals surface area contributed by atoms with Gasteiger partial charge < -0.3 is 10.1 Å². The molecule has 0 radical (unpaired) electrons. The van der Waals surface area contributed by atoms with Crippen LogP contribution in [0, 0.1) is 11.7 Å². The fourth-order valence-corrected chi connectivity index (χ4v) is 3.92. The van der Waals surface area contributed by atoms with Crippen LogP contribution >= 0.6 is 0 Å². The minimum Gasteiger partial charge on any atom is -0.455 e. The van der Waals surface area contributed by atoms with Gasteiger partial charge in [0, 0.05) is 19.2 Å². The average Bonchev–Trinajstić information content (AvgIpc) is 2.63. The maximum atomic E-state index is 13.4. The summed E-state index contributed by atoms with van der Waals surface area (Å²) in [5, 5.41) is 2.81. The molecule has 1 saturated heterocycles. The molecule has 1 aliphatic rings. The molecule has 1 unspecified atom stereocenters. The van der Waals surface area contributed by atoms with Gasteiger partial charge in [0.15, 0.2) is 5.75 Å². The van der Waals surface area contributed by atoms with Crippen LogP contribution in [0.5, 0.6) is 11.5 Å². The third-order valence-corrected chi connectivity index (χ3v) is 5.66. The van der Waals surface area contributed by atoms with Crippen LogP contribution in [-0.4, -0.2) is 38.0 Å². The molecule has 0 saturated carbocycles. The first-order valence-corrected chi connectivity index (χ1v) is 10.5. The molecule has 3 rings (SSSR count). The molecule has 1 aliphatic heterocycles. The van der Waals surface area contributed by atoms with E-state index in [1.165, 1.54) is 22.5 Å². The fraction of sp³-hybridized carbons (Fsp3) is 0.316. The van der Waals surface area contributed by atoms with Crippen molar-refractivity contribution >= 4 is 21.6 Å². The number of benzene rings is 2. The number of anilines is 1. The number of nitrogens with zero attached hydrogens (tertiary/aromatic N) is 1. The molecule has 6 nitrogen and oxygen atoms in total. The highest BCUT2D eigenvalue weighted by Crippen LogP contribution is 2.30. The van der Waals surface area contributed by atoms with Gasteiger partial charge in [0.25, 0.3) is 0 Å². The summed E-state index contributed by atoms with van der Waals surface area (Å²) in [4.78, 5) is 12.7. The topological polar surface area (TPSA) is 75.7 Å². The van der Waals surface area contributed by atoms with Crippen LogP contribution in [0.4, 0.5) is 10.1 Å². The molecular weight excluding hydrogens is 371 g/mol. The smallest absolute Gasteiger partial charge is 0.228 e. The largest absolute Gasteiger partial charge is 0.455 e. The number of carbonyl (C=O) groups excluding carboxylic acids is 1. The summed E-state index contributed by atoms with van der Waals surface area (Å²) in [7, 11) is -3.32. The van der Waals surface area contributed by atoms with E-state index in [1.54, 1.807) is 30.3 Å². The molecule has 2 aromatic rings. The van der Waals surface area contributed by atoms with E-state index in [9.17, 15) is 17.6 Å². The van der Waals surface area contributed by atoms with E-state index >= 15 is 0 Å². The molecule has 0 bridgehead atoms. The lowest BCUT2D eigenvalue weighted by Gasteiger charge is -2.30. The van der Waals surface area contributed by atoms with Crippen LogP contribution in [0.1, 0.15) is 12.8 Å². The third kappa shape index (κ3) is 5.05. The first kappa shape index (κ1) is 19.3. The summed E-state index contributed by atoms with van der Waals surface area (Å²) >= 11 is 0. The Hall–Kier alpha value is -2.45. The van der Waals surface area contributed by atoms with Crippen molar-refractivity contribution in [1.29, 1.82) is 0 Å². The Bertz CT molecular complexity index is 933. The van der Waals surface area contributed by atoms with Gasteiger partial charge in [-0.3, -0.25) is 4.79 Å². The quantitative estimate of drug-likeness (QED) is 0.848. The summed E-state index contributed by atoms with van der Waals surface area (Å²) < 4.78 is 43.9. The molecule has 0 aliphatic carbocycles. The van der Waals surface area contributed by atoms with Crippen molar-refractivity contribution < 1.29 is 22.3 Å². The van der Waals surface area contributed by atoms with E-state index in [1.807, 2.05) is 0 Å². The Balaban J connectivity index is 1.73. The van der Waals surface area contributed by atoms with Crippen molar-refractivity contribution in [2.24, 2.45) is 5.92 Å². The third-order valence-electron chi connectivity index (χ3n) is 4.39. The van der Waals surface area contributed by atoms with Crippen molar-refractivity contribution in [2.45, 2.75) is 12.8 Å². The van der Waals surface area contributed by atoms with Crippen LogP contribution in [-0.2, 0) is 14.8 Å². The summed E-state index contributed by atoms with van der Waals surface area (Å²) in [5.41, 5.74) is 0.447. The Morgan fingerprint density at radius 2 is 2.00 bits per heavy atom. The Morgan fingerprint density at radius 3 is 2.74 bits per heavy atom. The van der Waals surface area contributed by atoms with Crippen molar-refractivity contribution in [3.63, 3.8) is 0 Å². The van der Waals surface area contributed by atoms with E-state index in [-0.39, 0.29) is 12.5 Å². The molecule has 1 atom stereocenters. The fourth-order valence-electron chi connectivity index (χ4n) is 3.01. The van der Waals surface area contributed by atoms with Crippen LogP contribution in [0.3, 0.4) is 0 Å². The SMILES string of the molecule is CS(=O)(=O)N1CCCC(C(=O)Nc2ccccc2Oc2cccc(F)c2)C1. The lowest BCUT2D eigenvalue weighted by Crippen LogP contribution is -2.43. The molecule has 8 heteroatoms. The Kier molecular flexibility index (Phi) is 5.76. The van der Waals surface area contributed by atoms with Crippen LogP contribution in [0.25, 0.3) is 0 Å². The zero-order valence-electron chi connectivity index (χ0n) is 14.9. The maximum absolute atomic E-state index is 13.4. The minimum atomic E-state index is -3.32. The standard InChI is InChI=1S/C19H21FN2O4S/c1-27(24,25)22-11-5-6-14(13-22)19(23)21-17-9-2-3-10-18(17)26-16-8-4-7-15(20)12-16/h2-4,7-10,12,14H,5-6,11,13H2,1H3,(H,21,23). The van der Waals surface area contributed by atoms with Crippen molar-refractivity contribution in [3.05, 3.63) is 54.3 Å². The number of ether oxygens (including phenoxy) is 1. The summed E-state index contributed by atoms with van der Waals surface area (Å²) in [6, 6.07) is 12.6. The van der Waals surface area contributed by atoms with Gasteiger partial charge in [0.2, 0.25) is 15.9 Å². The number of piperidine rings is 1. The average molecular weight is 392 g/mol. The van der Waals surface area contributed by atoms with Gasteiger partial charge in [-0.05, 0) is 37.1 Å². The van der Waals surface area contributed by atoms with Gasteiger partial charge in [-0.2, -0.15) is 0 Å². The predicted molar refractivity (Wildman–Crippen MR) is 101 cm³/mol. The van der Waals surface area contributed by atoms with E-state index in [2.05, 4.69) is 5.32 Å². The summed E-state index contributed by atoms with van der Waals surface area (Å²) in [6.45, 7) is 0.597. The van der Waals surface area contributed by atoms with Crippen LogP contribution in [0.2, 0.25) is 0 Å². The van der Waals surface area contributed by atoms with Gasteiger partial charge in [0.05, 0.1) is 17.9 Å². The number of amides is 1. The normalized spacial score (nSPS) is 18.1. The molecule has 144 valence electrons. The number of rotatable bonds is 5. The van der Waals surface area contributed by atoms with E-state index in [4.69, 9.17) is 4.74 Å². The number of hydrogen-bond donors (Lipinski definition) is 1. The molecular formula is C19H21FN2O4S. The number of sulfonamides is 1. The van der Waals surface area contributed by atoms with E-state index in [0.717, 1.165) is 6.26 Å². The lowest BCUT2D eigenvalue weighted by atomic mass is 9.98. The van der Waals surface area contributed by atoms with Crippen molar-refractivity contribution in [2.75, 3.05) is 24.7 Å². The molecule has 1 N–H and O–H groups in total. The van der Waals surface area contributed by atoms with Gasteiger partial charge in [-0.15, -0.1) is 0 Å². The van der Waals surface area contributed by atoms with Gasteiger partial charge >= 0.3 is 0 Å². The van der Waals surface area contributed by atoms with E-state index < -0.39 is 21.8 Å². The molecule has 0 spiro atoms. The second kappa shape index (κ2) is 8.06. The van der Waals surface area contributed by atoms with Gasteiger partial charge in [0.1, 0.15) is 11.6 Å². The Labute approximate surface area is 158 Å². The first-order chi connectivity index (χ1) is 12.8. The zero-order valence-corrected chi connectivity index (χ0v) is 15.7. The number of para-hydroxylation sites is 2. The second-order valence-electron chi connectivity index (χ2n) is 6.51. The highest BCUT2D eigenvalue weighted by molar-refractivity contribution is 7.88. The maximum Gasteiger partial charge on any atom is 0.228 e. The molecule has 1 amide bonds. The summed E-state index contributed by atoms with van der Waals surface area (Å²) in [6.07, 6.45) is 2.40. The highest BCUT2D eigenvalue weighted by atomic mass is 32.2. The minimum absolute atomic E-state index is 0.164. The first-order valence-electron chi connectivity index (χ1n) is 8.61. The van der Waals surface area contributed by atoms with Crippen molar-refractivity contribution in [1.82, 2.24) is 4.31 Å². The van der Waals surface area contributed by atoms with Crippen molar-refractivity contribution in [3.8, 4) is 11.5 Å². The number of hydrogen-bond acceptors (Lipinski definition) is 4. The number of carbonyl (C=O) groups is 1. The van der Waals surface area contributed by atoms with Gasteiger partial charge in [-0.1, -0.05) is 18.2 Å². The number of halogens is 1. The molecule has 1 heterocycles. The summed E-state index contributed by atoms with van der Waals surface area (Å²) in [5.74, 6) is -0.420. The molecule has 2 aromatic carbocycles. The van der Waals surface area contributed by atoms with E-state index in [0.29, 0.717) is 36.6 Å².